The average Bonchev–Trinajstić information content (AvgIpc) is 3.15. The molecule has 0 spiro atoms. The molecule has 24 heavy (non-hydrogen) atoms. The summed E-state index contributed by atoms with van der Waals surface area (Å²) in [5.74, 6) is -0.0740. The lowest BCUT2D eigenvalue weighted by molar-refractivity contribution is -0.151. The molecule has 3 aliphatic rings. The third-order valence-corrected chi connectivity index (χ3v) is 5.01. The van der Waals surface area contributed by atoms with Crippen LogP contribution in [0.15, 0.2) is 41.0 Å². The number of rotatable bonds is 3. The maximum atomic E-state index is 12.5. The molecule has 6 heteroatoms. The number of likely N-dealkylation sites (tertiary alicyclic amines) is 2. The average molecular weight is 326 g/mol. The summed E-state index contributed by atoms with van der Waals surface area (Å²) in [7, 11) is 0. The van der Waals surface area contributed by atoms with Gasteiger partial charge in [0.2, 0.25) is 17.7 Å². The Morgan fingerprint density at radius 1 is 1.12 bits per heavy atom. The number of hydrogen-bond donors (Lipinski definition) is 0. The smallest absolute Gasteiger partial charge is 0.246 e. The van der Waals surface area contributed by atoms with Crippen LogP contribution in [0.3, 0.4) is 0 Å². The van der Waals surface area contributed by atoms with Crippen LogP contribution in [0.1, 0.15) is 18.6 Å². The second-order valence-electron chi connectivity index (χ2n) is 6.45. The minimum Gasteiger partial charge on any atom is -0.465 e. The molecule has 1 aromatic rings. The molecule has 124 valence electrons. The SMILES string of the molecule is O=C(/C=C/c1ccco1)N1CC(N2C(=O)[C@H]3CC=CC[C@@H]3C2=O)C1. The molecule has 2 saturated heterocycles. The maximum Gasteiger partial charge on any atom is 0.246 e. The summed E-state index contributed by atoms with van der Waals surface area (Å²) in [6.07, 6.45) is 9.86. The Labute approximate surface area is 139 Å². The standard InChI is InChI=1S/C18H18N2O4/c21-16(8-7-13-4-3-9-24-13)19-10-12(11-19)20-17(22)14-5-1-2-6-15(14)18(20)23/h1-4,7-9,12,14-15H,5-6,10-11H2/b8-7+/t14-,15-/m0/s1. The van der Waals surface area contributed by atoms with Gasteiger partial charge in [-0.05, 0) is 31.1 Å². The second-order valence-corrected chi connectivity index (χ2v) is 6.45. The zero-order valence-electron chi connectivity index (χ0n) is 13.1. The van der Waals surface area contributed by atoms with Gasteiger partial charge in [0.25, 0.3) is 0 Å². The van der Waals surface area contributed by atoms with E-state index in [1.54, 1.807) is 29.4 Å². The number of furan rings is 1. The molecule has 0 aromatic carbocycles. The first-order valence-electron chi connectivity index (χ1n) is 8.17. The first-order valence-corrected chi connectivity index (χ1v) is 8.17. The molecule has 0 unspecified atom stereocenters. The van der Waals surface area contributed by atoms with E-state index in [0.717, 1.165) is 0 Å². The fourth-order valence-electron chi connectivity index (χ4n) is 3.63. The predicted molar refractivity (Wildman–Crippen MR) is 85.3 cm³/mol. The van der Waals surface area contributed by atoms with Gasteiger partial charge in [0.1, 0.15) is 5.76 Å². The molecule has 0 saturated carbocycles. The van der Waals surface area contributed by atoms with Crippen LogP contribution in [-0.2, 0) is 14.4 Å². The molecule has 0 bridgehead atoms. The number of carbonyl (C=O) groups excluding carboxylic acids is 3. The van der Waals surface area contributed by atoms with Crippen molar-refractivity contribution in [2.45, 2.75) is 18.9 Å². The van der Waals surface area contributed by atoms with Gasteiger partial charge in [-0.1, -0.05) is 12.2 Å². The first kappa shape index (κ1) is 14.9. The van der Waals surface area contributed by atoms with Crippen molar-refractivity contribution >= 4 is 23.8 Å². The van der Waals surface area contributed by atoms with E-state index in [2.05, 4.69) is 0 Å². The van der Waals surface area contributed by atoms with Crippen molar-refractivity contribution < 1.29 is 18.8 Å². The molecule has 2 atom stereocenters. The number of allylic oxidation sites excluding steroid dienone is 2. The largest absolute Gasteiger partial charge is 0.465 e. The highest BCUT2D eigenvalue weighted by molar-refractivity contribution is 6.06. The van der Waals surface area contributed by atoms with Crippen LogP contribution in [0, 0.1) is 11.8 Å². The summed E-state index contributed by atoms with van der Waals surface area (Å²) in [4.78, 5) is 40.1. The van der Waals surface area contributed by atoms with E-state index in [1.807, 2.05) is 12.2 Å². The summed E-state index contributed by atoms with van der Waals surface area (Å²) in [6, 6.07) is 3.33. The molecule has 0 N–H and O–H groups in total. The molecule has 4 rings (SSSR count). The van der Waals surface area contributed by atoms with E-state index in [4.69, 9.17) is 4.42 Å². The van der Waals surface area contributed by atoms with Crippen molar-refractivity contribution in [3.63, 3.8) is 0 Å². The Balaban J connectivity index is 1.36. The van der Waals surface area contributed by atoms with Gasteiger partial charge in [-0.25, -0.2) is 0 Å². The lowest BCUT2D eigenvalue weighted by atomic mass is 9.85. The van der Waals surface area contributed by atoms with Gasteiger partial charge in [-0.3, -0.25) is 19.3 Å². The minimum atomic E-state index is -0.203. The maximum absolute atomic E-state index is 12.5. The van der Waals surface area contributed by atoms with Crippen LogP contribution >= 0.6 is 0 Å². The highest BCUT2D eigenvalue weighted by Crippen LogP contribution is 2.37. The molecule has 1 aliphatic carbocycles. The number of amides is 3. The quantitative estimate of drug-likeness (QED) is 0.479. The Morgan fingerprint density at radius 3 is 2.38 bits per heavy atom. The summed E-state index contributed by atoms with van der Waals surface area (Å²) >= 11 is 0. The Kier molecular flexibility index (Phi) is 3.59. The minimum absolute atomic E-state index is 0.0717. The molecule has 3 heterocycles. The third kappa shape index (κ3) is 2.38. The zero-order chi connectivity index (χ0) is 16.7. The fraction of sp³-hybridized carbons (Fsp3) is 0.389. The van der Waals surface area contributed by atoms with E-state index in [1.165, 1.54) is 11.0 Å². The van der Waals surface area contributed by atoms with Gasteiger partial charge < -0.3 is 9.32 Å². The van der Waals surface area contributed by atoms with Gasteiger partial charge in [-0.15, -0.1) is 0 Å². The molecule has 3 amide bonds. The Hall–Kier alpha value is -2.63. The number of carbonyl (C=O) groups is 3. The number of imide groups is 1. The van der Waals surface area contributed by atoms with Crippen molar-refractivity contribution in [2.75, 3.05) is 13.1 Å². The van der Waals surface area contributed by atoms with Crippen LogP contribution < -0.4 is 0 Å². The van der Waals surface area contributed by atoms with E-state index < -0.39 is 0 Å². The van der Waals surface area contributed by atoms with E-state index in [-0.39, 0.29) is 35.6 Å². The van der Waals surface area contributed by atoms with Gasteiger partial charge in [0, 0.05) is 19.2 Å². The summed E-state index contributed by atoms with van der Waals surface area (Å²) < 4.78 is 5.14. The van der Waals surface area contributed by atoms with Crippen LogP contribution in [0.2, 0.25) is 0 Å². The van der Waals surface area contributed by atoms with E-state index in [0.29, 0.717) is 31.7 Å². The first-order chi connectivity index (χ1) is 11.6. The topological polar surface area (TPSA) is 70.8 Å². The van der Waals surface area contributed by atoms with Gasteiger partial charge in [-0.2, -0.15) is 0 Å². The molecule has 0 radical (unpaired) electrons. The molecular formula is C18H18N2O4. The molecular weight excluding hydrogens is 308 g/mol. The van der Waals surface area contributed by atoms with Crippen molar-refractivity contribution in [3.8, 4) is 0 Å². The normalized spacial score (nSPS) is 27.0. The summed E-state index contributed by atoms with van der Waals surface area (Å²) in [6.45, 7) is 0.817. The summed E-state index contributed by atoms with van der Waals surface area (Å²) in [5, 5.41) is 0. The van der Waals surface area contributed by atoms with Crippen LogP contribution in [0.4, 0.5) is 0 Å². The van der Waals surface area contributed by atoms with Crippen LogP contribution in [0.5, 0.6) is 0 Å². The predicted octanol–water partition coefficient (Wildman–Crippen LogP) is 1.45. The van der Waals surface area contributed by atoms with Gasteiger partial charge in [0.05, 0.1) is 24.1 Å². The molecule has 6 nitrogen and oxygen atoms in total. The van der Waals surface area contributed by atoms with Crippen molar-refractivity contribution in [2.24, 2.45) is 11.8 Å². The van der Waals surface area contributed by atoms with E-state index >= 15 is 0 Å². The highest BCUT2D eigenvalue weighted by atomic mass is 16.3. The van der Waals surface area contributed by atoms with Crippen molar-refractivity contribution in [1.29, 1.82) is 0 Å². The van der Waals surface area contributed by atoms with Gasteiger partial charge >= 0.3 is 0 Å². The molecule has 2 aliphatic heterocycles. The molecule has 2 fully saturated rings. The van der Waals surface area contributed by atoms with Crippen LogP contribution in [0.25, 0.3) is 6.08 Å². The summed E-state index contributed by atoms with van der Waals surface area (Å²) in [5.41, 5.74) is 0. The fourth-order valence-corrected chi connectivity index (χ4v) is 3.63. The van der Waals surface area contributed by atoms with Crippen molar-refractivity contribution in [3.05, 3.63) is 42.4 Å². The Bertz CT molecular complexity index is 702. The third-order valence-electron chi connectivity index (χ3n) is 5.01. The van der Waals surface area contributed by atoms with E-state index in [9.17, 15) is 14.4 Å². The van der Waals surface area contributed by atoms with Gasteiger partial charge in [0.15, 0.2) is 0 Å². The Morgan fingerprint density at radius 2 is 1.79 bits per heavy atom. The molecule has 1 aromatic heterocycles. The van der Waals surface area contributed by atoms with Crippen molar-refractivity contribution in [1.82, 2.24) is 9.80 Å². The number of nitrogens with zero attached hydrogens (tertiary/aromatic N) is 2. The lowest BCUT2D eigenvalue weighted by Crippen LogP contribution is -2.62. The zero-order valence-corrected chi connectivity index (χ0v) is 13.1. The van der Waals surface area contributed by atoms with Crippen LogP contribution in [-0.4, -0.2) is 46.7 Å². The lowest BCUT2D eigenvalue weighted by Gasteiger charge is -2.42. The number of hydrogen-bond acceptors (Lipinski definition) is 4. The second kappa shape index (κ2) is 5.78. The monoisotopic (exact) mass is 326 g/mol. The highest BCUT2D eigenvalue weighted by Gasteiger charge is 2.52. The number of fused-ring (bicyclic) bond motifs is 1.